The van der Waals surface area contributed by atoms with Crippen molar-refractivity contribution in [2.24, 2.45) is 17.6 Å². The number of halogens is 1. The van der Waals surface area contributed by atoms with Gasteiger partial charge in [0.15, 0.2) is 0 Å². The van der Waals surface area contributed by atoms with Crippen LogP contribution >= 0.6 is 12.4 Å². The van der Waals surface area contributed by atoms with Crippen LogP contribution in [0.15, 0.2) is 30.3 Å². The highest BCUT2D eigenvalue weighted by Crippen LogP contribution is 2.37. The smallest absolute Gasteiger partial charge is 0.223 e. The quantitative estimate of drug-likeness (QED) is 0.898. The van der Waals surface area contributed by atoms with Gasteiger partial charge in [0.2, 0.25) is 5.91 Å². The lowest BCUT2D eigenvalue weighted by atomic mass is 9.75. The summed E-state index contributed by atoms with van der Waals surface area (Å²) in [5.74, 6) is 1.43. The van der Waals surface area contributed by atoms with Gasteiger partial charge in [-0.25, -0.2) is 0 Å². The topological polar surface area (TPSA) is 55.1 Å². The van der Waals surface area contributed by atoms with Crippen molar-refractivity contribution >= 4 is 18.3 Å². The zero-order valence-electron chi connectivity index (χ0n) is 12.3. The van der Waals surface area contributed by atoms with Gasteiger partial charge >= 0.3 is 0 Å². The molecule has 3 rings (SSSR count). The number of carbonyl (C=O) groups excluding carboxylic acids is 1. The number of benzene rings is 1. The second kappa shape index (κ2) is 7.28. The first-order valence-electron chi connectivity index (χ1n) is 7.83. The maximum Gasteiger partial charge on any atom is 0.223 e. The Morgan fingerprint density at radius 2 is 1.90 bits per heavy atom. The van der Waals surface area contributed by atoms with E-state index in [0.29, 0.717) is 24.4 Å². The molecule has 2 fully saturated rings. The molecule has 116 valence electrons. The van der Waals surface area contributed by atoms with E-state index in [4.69, 9.17) is 5.73 Å². The van der Waals surface area contributed by atoms with Gasteiger partial charge in [0, 0.05) is 12.0 Å². The summed E-state index contributed by atoms with van der Waals surface area (Å²) in [5, 5.41) is 3.23. The fourth-order valence-corrected chi connectivity index (χ4v) is 3.71. The lowest BCUT2D eigenvalue weighted by Gasteiger charge is -2.37. The number of rotatable bonds is 4. The largest absolute Gasteiger partial charge is 0.353 e. The molecule has 0 aromatic heterocycles. The molecule has 0 spiro atoms. The van der Waals surface area contributed by atoms with Gasteiger partial charge in [-0.05, 0) is 49.6 Å². The van der Waals surface area contributed by atoms with Crippen molar-refractivity contribution in [2.75, 3.05) is 6.54 Å². The van der Waals surface area contributed by atoms with E-state index >= 15 is 0 Å². The fraction of sp³-hybridized carbons (Fsp3) is 0.588. The van der Waals surface area contributed by atoms with Crippen LogP contribution in [-0.4, -0.2) is 18.5 Å². The summed E-state index contributed by atoms with van der Waals surface area (Å²) >= 11 is 0. The summed E-state index contributed by atoms with van der Waals surface area (Å²) in [5.41, 5.74) is 7.16. The molecule has 2 atom stereocenters. The highest BCUT2D eigenvalue weighted by molar-refractivity contribution is 5.85. The van der Waals surface area contributed by atoms with Gasteiger partial charge in [-0.3, -0.25) is 4.79 Å². The van der Waals surface area contributed by atoms with Crippen LogP contribution in [0.3, 0.4) is 0 Å². The highest BCUT2D eigenvalue weighted by atomic mass is 35.5. The molecular weight excluding hydrogens is 284 g/mol. The van der Waals surface area contributed by atoms with Gasteiger partial charge < -0.3 is 11.1 Å². The lowest BCUT2D eigenvalue weighted by Crippen LogP contribution is -2.46. The van der Waals surface area contributed by atoms with E-state index in [0.717, 1.165) is 32.1 Å². The molecule has 0 bridgehead atoms. The molecule has 3 N–H and O–H groups in total. The van der Waals surface area contributed by atoms with E-state index < -0.39 is 0 Å². The summed E-state index contributed by atoms with van der Waals surface area (Å²) in [7, 11) is 0. The van der Waals surface area contributed by atoms with Crippen LogP contribution in [-0.2, 0) is 4.79 Å². The second-order valence-corrected chi connectivity index (χ2v) is 6.32. The Bertz CT molecular complexity index is 459. The lowest BCUT2D eigenvalue weighted by molar-refractivity contribution is -0.127. The predicted molar refractivity (Wildman–Crippen MR) is 87.5 cm³/mol. The predicted octanol–water partition coefficient (Wildman–Crippen LogP) is 2.85. The molecule has 2 aliphatic carbocycles. The number of carbonyl (C=O) groups is 1. The second-order valence-electron chi connectivity index (χ2n) is 6.32. The standard InChI is InChI=1S/C17H24N2O.ClH/c18-11-13-7-4-8-16(13)17(20)19-15-9-14(10-15)12-5-2-1-3-6-12;/h1-3,5-6,13-16H,4,7-11,18H2,(H,19,20);1H/t13-,14?,15?,16-;/m1./s1. The Labute approximate surface area is 133 Å². The molecule has 21 heavy (non-hydrogen) atoms. The average Bonchev–Trinajstić information content (AvgIpc) is 2.91. The van der Waals surface area contributed by atoms with Gasteiger partial charge in [0.25, 0.3) is 0 Å². The number of nitrogens with one attached hydrogen (secondary N) is 1. The van der Waals surface area contributed by atoms with Crippen molar-refractivity contribution in [3.63, 3.8) is 0 Å². The van der Waals surface area contributed by atoms with E-state index in [1.54, 1.807) is 0 Å². The van der Waals surface area contributed by atoms with Crippen LogP contribution in [0.4, 0.5) is 0 Å². The van der Waals surface area contributed by atoms with Crippen molar-refractivity contribution in [3.05, 3.63) is 35.9 Å². The average molecular weight is 309 g/mol. The molecule has 0 radical (unpaired) electrons. The van der Waals surface area contributed by atoms with Crippen molar-refractivity contribution < 1.29 is 4.79 Å². The molecule has 0 saturated heterocycles. The first kappa shape index (κ1) is 16.3. The summed E-state index contributed by atoms with van der Waals surface area (Å²) in [6.45, 7) is 0.648. The van der Waals surface area contributed by atoms with E-state index in [9.17, 15) is 4.79 Å². The molecule has 4 heteroatoms. The Morgan fingerprint density at radius 1 is 1.19 bits per heavy atom. The van der Waals surface area contributed by atoms with Crippen LogP contribution in [0.25, 0.3) is 0 Å². The summed E-state index contributed by atoms with van der Waals surface area (Å²) in [6, 6.07) is 11.0. The minimum Gasteiger partial charge on any atom is -0.353 e. The van der Waals surface area contributed by atoms with Crippen LogP contribution < -0.4 is 11.1 Å². The van der Waals surface area contributed by atoms with Gasteiger partial charge in [-0.15, -0.1) is 12.4 Å². The molecule has 0 heterocycles. The van der Waals surface area contributed by atoms with Gasteiger partial charge in [-0.2, -0.15) is 0 Å². The van der Waals surface area contributed by atoms with Gasteiger partial charge in [-0.1, -0.05) is 36.8 Å². The normalized spacial score (nSPS) is 31.1. The summed E-state index contributed by atoms with van der Waals surface area (Å²) in [6.07, 6.45) is 5.44. The molecule has 0 aliphatic heterocycles. The molecule has 2 aliphatic rings. The first-order chi connectivity index (χ1) is 9.78. The number of hydrogen-bond donors (Lipinski definition) is 2. The Balaban J connectivity index is 0.00000161. The monoisotopic (exact) mass is 308 g/mol. The highest BCUT2D eigenvalue weighted by Gasteiger charge is 2.36. The molecule has 1 aromatic rings. The maximum absolute atomic E-state index is 12.3. The molecular formula is C17H25ClN2O. The van der Waals surface area contributed by atoms with Gasteiger partial charge in [0.1, 0.15) is 0 Å². The van der Waals surface area contributed by atoms with Crippen molar-refractivity contribution in [1.29, 1.82) is 0 Å². The van der Waals surface area contributed by atoms with E-state index in [1.165, 1.54) is 5.56 Å². The number of nitrogens with two attached hydrogens (primary N) is 1. The minimum atomic E-state index is 0. The molecule has 2 saturated carbocycles. The molecule has 1 aromatic carbocycles. The van der Waals surface area contributed by atoms with Crippen LogP contribution in [0.1, 0.15) is 43.6 Å². The Kier molecular flexibility index (Phi) is 5.65. The van der Waals surface area contributed by atoms with Crippen LogP contribution in [0.2, 0.25) is 0 Å². The third-order valence-corrected chi connectivity index (χ3v) is 5.05. The molecule has 3 nitrogen and oxygen atoms in total. The third kappa shape index (κ3) is 3.58. The Morgan fingerprint density at radius 3 is 2.57 bits per heavy atom. The van der Waals surface area contributed by atoms with E-state index in [-0.39, 0.29) is 24.2 Å². The maximum atomic E-state index is 12.3. The van der Waals surface area contributed by atoms with Crippen LogP contribution in [0, 0.1) is 11.8 Å². The van der Waals surface area contributed by atoms with Gasteiger partial charge in [0.05, 0.1) is 0 Å². The van der Waals surface area contributed by atoms with Crippen molar-refractivity contribution in [3.8, 4) is 0 Å². The summed E-state index contributed by atoms with van der Waals surface area (Å²) < 4.78 is 0. The van der Waals surface area contributed by atoms with Crippen LogP contribution in [0.5, 0.6) is 0 Å². The minimum absolute atomic E-state index is 0. The van der Waals surface area contributed by atoms with Crippen molar-refractivity contribution in [2.45, 2.75) is 44.1 Å². The van der Waals surface area contributed by atoms with E-state index in [2.05, 4.69) is 35.6 Å². The SMILES string of the molecule is Cl.NC[C@H]1CCC[C@H]1C(=O)NC1CC(c2ccccc2)C1. The molecule has 1 amide bonds. The van der Waals surface area contributed by atoms with E-state index in [1.807, 2.05) is 0 Å². The zero-order valence-corrected chi connectivity index (χ0v) is 13.1. The Hall–Kier alpha value is -1.06. The zero-order chi connectivity index (χ0) is 13.9. The number of hydrogen-bond acceptors (Lipinski definition) is 2. The fourth-order valence-electron chi connectivity index (χ4n) is 3.71. The first-order valence-corrected chi connectivity index (χ1v) is 7.83. The van der Waals surface area contributed by atoms with Crippen molar-refractivity contribution in [1.82, 2.24) is 5.32 Å². The summed E-state index contributed by atoms with van der Waals surface area (Å²) in [4.78, 5) is 12.3. The number of amides is 1. The molecule has 0 unspecified atom stereocenters. The third-order valence-electron chi connectivity index (χ3n) is 5.05.